The van der Waals surface area contributed by atoms with Crippen LogP contribution in [0.2, 0.25) is 0 Å². The summed E-state index contributed by atoms with van der Waals surface area (Å²) >= 11 is 0.772. The van der Waals surface area contributed by atoms with E-state index >= 15 is 0 Å². The van der Waals surface area contributed by atoms with Gasteiger partial charge in [-0.1, -0.05) is 22.6 Å². The molecule has 21 heteroatoms. The summed E-state index contributed by atoms with van der Waals surface area (Å²) in [5.41, 5.74) is 0. The zero-order chi connectivity index (χ0) is 26.6. The van der Waals surface area contributed by atoms with E-state index in [2.05, 4.69) is 0 Å². The fourth-order valence-corrected chi connectivity index (χ4v) is 2.28. The first kappa shape index (κ1) is 31.4. The Balaban J connectivity index is 6.69. The Hall–Kier alpha value is -0.640. The highest BCUT2D eigenvalue weighted by Crippen LogP contribution is 2.62. The van der Waals surface area contributed by atoms with Crippen molar-refractivity contribution in [1.82, 2.24) is 0 Å². The highest BCUT2D eigenvalue weighted by atomic mass is 127. The van der Waals surface area contributed by atoms with Crippen molar-refractivity contribution >= 4 is 22.6 Å². The first-order chi connectivity index (χ1) is 13.5. The third-order valence-electron chi connectivity index (χ3n) is 3.41. The zero-order valence-electron chi connectivity index (χ0n) is 13.9. The molecule has 0 aliphatic carbocycles. The lowest BCUT2D eigenvalue weighted by atomic mass is 9.92. The van der Waals surface area contributed by atoms with Gasteiger partial charge in [0.1, 0.15) is 0 Å². The molecular weight excluding hydrogens is 636 g/mol. The van der Waals surface area contributed by atoms with Gasteiger partial charge < -0.3 is 0 Å². The molecule has 0 bridgehead atoms. The van der Waals surface area contributed by atoms with Crippen molar-refractivity contribution in [3.63, 3.8) is 0 Å². The molecule has 0 atom stereocenters. The minimum Gasteiger partial charge on any atom is -0.262 e. The van der Waals surface area contributed by atoms with Crippen LogP contribution in [0.3, 0.4) is 0 Å². The molecule has 1 nitrogen and oxygen atoms in total. The lowest BCUT2D eigenvalue weighted by molar-refractivity contribution is -0.526. The molecule has 194 valence electrons. The van der Waals surface area contributed by atoms with Gasteiger partial charge in [0.2, 0.25) is 0 Å². The number of halogens is 20. The molecule has 0 N–H and O–H groups in total. The fourth-order valence-electron chi connectivity index (χ4n) is 1.60. The van der Waals surface area contributed by atoms with Gasteiger partial charge in [0.15, 0.2) is 0 Å². The Morgan fingerprint density at radius 1 is 0.469 bits per heavy atom. The first-order valence-electron chi connectivity index (χ1n) is 6.87. The quantitative estimate of drug-likeness (QED) is 0.145. The topological polar surface area (TPSA) is 9.23 Å². The van der Waals surface area contributed by atoms with Crippen molar-refractivity contribution in [2.24, 2.45) is 0 Å². The van der Waals surface area contributed by atoms with Crippen molar-refractivity contribution < 1.29 is 88.2 Å². The SMILES string of the molecule is FC(F)(F)C(F)(OC(F)(F)C(F)(F)C(F)(F)C(F)(F)C(F)(F)C(F)(F)CCI)C(F)(F)F. The van der Waals surface area contributed by atoms with Gasteiger partial charge in [-0.05, 0) is 0 Å². The molecule has 0 aliphatic rings. The third-order valence-corrected chi connectivity index (χ3v) is 3.95. The van der Waals surface area contributed by atoms with E-state index in [4.69, 9.17) is 0 Å². The van der Waals surface area contributed by atoms with Crippen molar-refractivity contribution in [1.29, 1.82) is 0 Å². The minimum atomic E-state index is -8.55. The number of hydrogen-bond donors (Lipinski definition) is 0. The highest BCUT2D eigenvalue weighted by molar-refractivity contribution is 14.1. The predicted octanol–water partition coefficient (Wildman–Crippen LogP) is 7.39. The molecule has 0 saturated carbocycles. The Morgan fingerprint density at radius 3 is 1.06 bits per heavy atom. The Kier molecular flexibility index (Phi) is 8.07. The molecule has 0 aromatic heterocycles. The number of hydrogen-bond acceptors (Lipinski definition) is 1. The normalized spacial score (nSPS) is 16.5. The van der Waals surface area contributed by atoms with Gasteiger partial charge in [-0.25, -0.2) is 0 Å². The maximum absolute atomic E-state index is 13.3. The van der Waals surface area contributed by atoms with Crippen LogP contribution in [0.4, 0.5) is 83.4 Å². The summed E-state index contributed by atoms with van der Waals surface area (Å²) in [6.45, 7) is 0. The van der Waals surface area contributed by atoms with Crippen molar-refractivity contribution in [2.75, 3.05) is 4.43 Å². The van der Waals surface area contributed by atoms with Gasteiger partial charge >= 0.3 is 53.9 Å². The van der Waals surface area contributed by atoms with Crippen LogP contribution in [-0.4, -0.2) is 58.4 Å². The maximum atomic E-state index is 13.3. The molecule has 0 saturated heterocycles. The Bertz CT molecular complexity index is 647. The van der Waals surface area contributed by atoms with Crippen LogP contribution in [0.25, 0.3) is 0 Å². The largest absolute Gasteiger partial charge is 0.458 e. The third kappa shape index (κ3) is 4.51. The lowest BCUT2D eigenvalue weighted by Crippen LogP contribution is -2.72. The summed E-state index contributed by atoms with van der Waals surface area (Å²) in [6, 6.07) is 0. The van der Waals surface area contributed by atoms with Gasteiger partial charge in [0.05, 0.1) is 0 Å². The van der Waals surface area contributed by atoms with E-state index in [9.17, 15) is 83.4 Å². The van der Waals surface area contributed by atoms with Crippen LogP contribution in [0.15, 0.2) is 0 Å². The van der Waals surface area contributed by atoms with Gasteiger partial charge in [0.25, 0.3) is 0 Å². The average molecular weight is 640 g/mol. The summed E-state index contributed by atoms with van der Waals surface area (Å²) in [7, 11) is 0. The molecule has 0 aromatic carbocycles. The minimum absolute atomic E-state index is 0.772. The lowest BCUT2D eigenvalue weighted by Gasteiger charge is -2.42. The monoisotopic (exact) mass is 640 g/mol. The van der Waals surface area contributed by atoms with Crippen LogP contribution in [0, 0.1) is 0 Å². The maximum Gasteiger partial charge on any atom is 0.458 e. The molecule has 0 heterocycles. The van der Waals surface area contributed by atoms with E-state index < -0.39 is 64.8 Å². The molecule has 0 aromatic rings. The van der Waals surface area contributed by atoms with Crippen molar-refractivity contribution in [2.45, 2.75) is 60.3 Å². The molecule has 32 heavy (non-hydrogen) atoms. The molecule has 0 rings (SSSR count). The second-order valence-electron chi connectivity index (χ2n) is 5.65. The van der Waals surface area contributed by atoms with E-state index in [-0.39, 0.29) is 0 Å². The summed E-state index contributed by atoms with van der Waals surface area (Å²) in [4.78, 5) is 0. The van der Waals surface area contributed by atoms with E-state index in [0.29, 0.717) is 0 Å². The summed E-state index contributed by atoms with van der Waals surface area (Å²) in [5.74, 6) is -47.3. The van der Waals surface area contributed by atoms with Crippen LogP contribution in [0.5, 0.6) is 0 Å². The number of ether oxygens (including phenoxy) is 1. The predicted molar refractivity (Wildman–Crippen MR) is 70.2 cm³/mol. The summed E-state index contributed by atoms with van der Waals surface area (Å²) in [6.07, 6.45) is -26.3. The fraction of sp³-hybridized carbons (Fsp3) is 1.00. The second kappa shape index (κ2) is 8.24. The molecule has 0 radical (unpaired) electrons. The molecular formula is C11H4F19IO. The van der Waals surface area contributed by atoms with E-state index in [1.54, 1.807) is 0 Å². The van der Waals surface area contributed by atoms with E-state index in [1.165, 1.54) is 0 Å². The van der Waals surface area contributed by atoms with Gasteiger partial charge in [0, 0.05) is 10.8 Å². The van der Waals surface area contributed by atoms with Gasteiger partial charge in [-0.2, -0.15) is 83.4 Å². The van der Waals surface area contributed by atoms with Crippen LogP contribution < -0.4 is 0 Å². The Labute approximate surface area is 176 Å². The molecule has 0 spiro atoms. The Morgan fingerprint density at radius 2 is 0.781 bits per heavy atom. The van der Waals surface area contributed by atoms with Crippen molar-refractivity contribution in [3.8, 4) is 0 Å². The first-order valence-corrected chi connectivity index (χ1v) is 8.40. The average Bonchev–Trinajstić information content (AvgIpc) is 2.51. The zero-order valence-corrected chi connectivity index (χ0v) is 16.0. The number of alkyl halides is 20. The standard InChI is InChI=1S/C11H4F19IO/c12-3(13,1-2-31)4(14,15)5(16,17)6(18,19)7(20,21)11(29,30)32-8(22,9(23,24)25)10(26,27)28/h1-2H2. The second-order valence-corrected chi connectivity index (χ2v) is 6.73. The molecule has 0 amide bonds. The van der Waals surface area contributed by atoms with Gasteiger partial charge in [-0.15, -0.1) is 0 Å². The molecule has 0 aliphatic heterocycles. The highest BCUT2D eigenvalue weighted by Gasteiger charge is 2.92. The van der Waals surface area contributed by atoms with Crippen LogP contribution in [-0.2, 0) is 4.74 Å². The van der Waals surface area contributed by atoms with Crippen LogP contribution in [0.1, 0.15) is 6.42 Å². The smallest absolute Gasteiger partial charge is 0.262 e. The van der Waals surface area contributed by atoms with Crippen molar-refractivity contribution in [3.05, 3.63) is 0 Å². The molecule has 0 fully saturated rings. The summed E-state index contributed by atoms with van der Waals surface area (Å²) < 4.78 is 245. The van der Waals surface area contributed by atoms with Gasteiger partial charge in [-0.3, -0.25) is 4.74 Å². The summed E-state index contributed by atoms with van der Waals surface area (Å²) in [5, 5.41) is 0. The van der Waals surface area contributed by atoms with Crippen LogP contribution >= 0.6 is 22.6 Å². The van der Waals surface area contributed by atoms with E-state index in [1.807, 2.05) is 0 Å². The number of rotatable bonds is 9. The molecule has 0 unspecified atom stereocenters. The van der Waals surface area contributed by atoms with E-state index in [0.717, 1.165) is 27.3 Å².